The van der Waals surface area contributed by atoms with Crippen LogP contribution in [0.1, 0.15) is 5.56 Å². The third kappa shape index (κ3) is 5.13. The first kappa shape index (κ1) is 21.3. The minimum atomic E-state index is -0.544. The van der Waals surface area contributed by atoms with E-state index in [1.807, 2.05) is 41.7 Å². The van der Waals surface area contributed by atoms with Crippen molar-refractivity contribution >= 4 is 39.5 Å². The summed E-state index contributed by atoms with van der Waals surface area (Å²) in [6.07, 6.45) is 5.37. The summed E-state index contributed by atoms with van der Waals surface area (Å²) in [6, 6.07) is 10.3. The number of hydrogen-bond acceptors (Lipinski definition) is 4. The first-order valence-electron chi connectivity index (χ1n) is 9.31. The van der Waals surface area contributed by atoms with E-state index in [9.17, 15) is 5.11 Å². The Morgan fingerprint density at radius 2 is 1.93 bits per heavy atom. The van der Waals surface area contributed by atoms with E-state index in [0.717, 1.165) is 4.48 Å². The van der Waals surface area contributed by atoms with Crippen molar-refractivity contribution < 1.29 is 9.84 Å². The van der Waals surface area contributed by atoms with Gasteiger partial charge in [-0.15, -0.1) is 36.7 Å². The molecule has 0 radical (unpaired) electrons. The van der Waals surface area contributed by atoms with Crippen LogP contribution in [0.3, 0.4) is 0 Å². The van der Waals surface area contributed by atoms with E-state index >= 15 is 0 Å². The highest BCUT2D eigenvalue weighted by Crippen LogP contribution is 2.51. The molecule has 1 N–H and O–H groups in total. The van der Waals surface area contributed by atoms with Gasteiger partial charge in [0.25, 0.3) is 0 Å². The van der Waals surface area contributed by atoms with Gasteiger partial charge in [0.15, 0.2) is 0 Å². The van der Waals surface area contributed by atoms with E-state index in [1.165, 1.54) is 17.1 Å². The second-order valence-electron chi connectivity index (χ2n) is 6.96. The molecule has 1 fully saturated rings. The van der Waals surface area contributed by atoms with Gasteiger partial charge in [0.05, 0.1) is 23.9 Å². The number of halogens is 1. The van der Waals surface area contributed by atoms with Crippen LogP contribution in [0, 0.1) is 23.7 Å². The largest absolute Gasteiger partial charge is 0.388 e. The summed E-state index contributed by atoms with van der Waals surface area (Å²) in [6.45, 7) is 9.21. The molecule has 1 aliphatic heterocycles. The minimum Gasteiger partial charge on any atom is -0.388 e. The molecule has 27 heavy (non-hydrogen) atoms. The zero-order valence-electron chi connectivity index (χ0n) is 15.4. The van der Waals surface area contributed by atoms with Gasteiger partial charge in [-0.05, 0) is 21.9 Å². The van der Waals surface area contributed by atoms with E-state index in [2.05, 4.69) is 53.4 Å². The van der Waals surface area contributed by atoms with Crippen LogP contribution in [-0.4, -0.2) is 33.9 Å². The molecule has 1 aromatic rings. The lowest BCUT2D eigenvalue weighted by Gasteiger charge is -2.43. The lowest BCUT2D eigenvalue weighted by molar-refractivity contribution is 0.0546. The van der Waals surface area contributed by atoms with Crippen molar-refractivity contribution in [2.24, 2.45) is 23.7 Å². The minimum absolute atomic E-state index is 0.0494. The Bertz CT molecular complexity index is 658. The van der Waals surface area contributed by atoms with Gasteiger partial charge in [0.2, 0.25) is 0 Å². The molecule has 1 saturated heterocycles. The highest BCUT2D eigenvalue weighted by Gasteiger charge is 2.45. The molecule has 0 unspecified atom stereocenters. The number of ether oxygens (including phenoxy) is 1. The predicted octanol–water partition coefficient (Wildman–Crippen LogP) is 5.50. The molecule has 2 aliphatic rings. The number of thioether (sulfide) groups is 2. The van der Waals surface area contributed by atoms with Crippen molar-refractivity contribution in [3.63, 3.8) is 0 Å². The van der Waals surface area contributed by atoms with Gasteiger partial charge in [0, 0.05) is 23.3 Å². The maximum atomic E-state index is 10.6. The lowest BCUT2D eigenvalue weighted by Crippen LogP contribution is -2.42. The highest BCUT2D eigenvalue weighted by molar-refractivity contribution is 9.11. The molecule has 5 atom stereocenters. The van der Waals surface area contributed by atoms with E-state index in [4.69, 9.17) is 4.74 Å². The Morgan fingerprint density at radius 1 is 1.22 bits per heavy atom. The molecule has 1 aliphatic carbocycles. The fourth-order valence-electron chi connectivity index (χ4n) is 3.96. The fourth-order valence-corrected chi connectivity index (χ4v) is 8.07. The van der Waals surface area contributed by atoms with E-state index < -0.39 is 6.10 Å². The second-order valence-corrected chi connectivity index (χ2v) is 10.7. The maximum absolute atomic E-state index is 10.6. The number of aliphatic hydroxyl groups is 1. The number of aliphatic hydroxyl groups excluding tert-OH is 1. The normalized spacial score (nSPS) is 29.9. The smallest absolute Gasteiger partial charge is 0.0784 e. The summed E-state index contributed by atoms with van der Waals surface area (Å²) in [7, 11) is 0. The molecule has 2 nitrogen and oxygen atoms in total. The average Bonchev–Trinajstić information content (AvgIpc) is 3.23. The number of allylic oxidation sites excluding steroid dienone is 1. The SMILES string of the molecule is C=C[C@@H]1[C@@H](C2SCCS2)[C@@H]([C@@H](O)C=C)C=C(Br)[C@H]1COCc1ccccc1. The third-order valence-corrected chi connectivity index (χ3v) is 9.43. The Kier molecular flexibility index (Phi) is 8.15. The predicted molar refractivity (Wildman–Crippen MR) is 122 cm³/mol. The molecule has 0 amide bonds. The topological polar surface area (TPSA) is 29.5 Å². The van der Waals surface area contributed by atoms with E-state index in [1.54, 1.807) is 6.08 Å². The third-order valence-electron chi connectivity index (χ3n) is 5.34. The Labute approximate surface area is 179 Å². The van der Waals surface area contributed by atoms with Crippen LogP contribution in [0.4, 0.5) is 0 Å². The zero-order valence-corrected chi connectivity index (χ0v) is 18.6. The summed E-state index contributed by atoms with van der Waals surface area (Å²) in [5, 5.41) is 10.6. The van der Waals surface area contributed by atoms with Crippen molar-refractivity contribution in [2.75, 3.05) is 18.1 Å². The second kappa shape index (κ2) is 10.4. The van der Waals surface area contributed by atoms with E-state index in [0.29, 0.717) is 23.7 Å². The number of benzene rings is 1. The number of hydrogen-bond donors (Lipinski definition) is 1. The van der Waals surface area contributed by atoms with Gasteiger partial charge in [-0.3, -0.25) is 0 Å². The molecule has 5 heteroatoms. The Balaban J connectivity index is 1.77. The van der Waals surface area contributed by atoms with Crippen LogP contribution in [0.25, 0.3) is 0 Å². The average molecular weight is 467 g/mol. The van der Waals surface area contributed by atoms with Gasteiger partial charge in [-0.25, -0.2) is 0 Å². The van der Waals surface area contributed by atoms with Crippen LogP contribution in [0.15, 0.2) is 66.2 Å². The van der Waals surface area contributed by atoms with Crippen molar-refractivity contribution in [3.05, 3.63) is 71.8 Å². The van der Waals surface area contributed by atoms with Crippen LogP contribution in [0.5, 0.6) is 0 Å². The number of rotatable bonds is 8. The van der Waals surface area contributed by atoms with Crippen molar-refractivity contribution in [1.29, 1.82) is 0 Å². The quantitative estimate of drug-likeness (QED) is 0.512. The van der Waals surface area contributed by atoms with Gasteiger partial charge >= 0.3 is 0 Å². The van der Waals surface area contributed by atoms with Crippen LogP contribution in [0.2, 0.25) is 0 Å². The van der Waals surface area contributed by atoms with E-state index in [-0.39, 0.29) is 17.8 Å². The first-order chi connectivity index (χ1) is 13.2. The van der Waals surface area contributed by atoms with Gasteiger partial charge in [-0.1, -0.05) is 64.5 Å². The van der Waals surface area contributed by atoms with Crippen LogP contribution >= 0.6 is 39.5 Å². The molecule has 1 heterocycles. The monoisotopic (exact) mass is 466 g/mol. The van der Waals surface area contributed by atoms with Crippen molar-refractivity contribution in [3.8, 4) is 0 Å². The van der Waals surface area contributed by atoms with Gasteiger partial charge in [-0.2, -0.15) is 0 Å². The molecule has 0 saturated carbocycles. The van der Waals surface area contributed by atoms with Crippen LogP contribution < -0.4 is 0 Å². The van der Waals surface area contributed by atoms with Gasteiger partial charge < -0.3 is 9.84 Å². The Morgan fingerprint density at radius 3 is 2.56 bits per heavy atom. The summed E-state index contributed by atoms with van der Waals surface area (Å²) in [5.74, 6) is 3.20. The summed E-state index contributed by atoms with van der Waals surface area (Å²) in [5.41, 5.74) is 1.18. The zero-order chi connectivity index (χ0) is 19.2. The molecule has 1 aromatic carbocycles. The molecule has 0 bridgehead atoms. The maximum Gasteiger partial charge on any atom is 0.0784 e. The van der Waals surface area contributed by atoms with Crippen LogP contribution in [-0.2, 0) is 11.3 Å². The van der Waals surface area contributed by atoms with Gasteiger partial charge in [0.1, 0.15) is 0 Å². The summed E-state index contributed by atoms with van der Waals surface area (Å²) < 4.78 is 7.66. The summed E-state index contributed by atoms with van der Waals surface area (Å²) in [4.78, 5) is 0. The standard InChI is InChI=1S/C22H27BrO2S2/c1-3-16-18(14-25-13-15-8-6-5-7-9-15)19(23)12-17(20(24)4-2)21(16)22-26-10-11-27-22/h3-9,12,16-18,20-22,24H,1-2,10-11,13-14H2/t16-,17+,18-,20-,21+/m0/s1. The fraction of sp³-hybridized carbons (Fsp3) is 0.455. The lowest BCUT2D eigenvalue weighted by atomic mass is 9.69. The summed E-state index contributed by atoms with van der Waals surface area (Å²) >= 11 is 7.79. The van der Waals surface area contributed by atoms with Crippen molar-refractivity contribution in [2.45, 2.75) is 17.3 Å². The first-order valence-corrected chi connectivity index (χ1v) is 12.2. The molecular formula is C22H27BrO2S2. The molecular weight excluding hydrogens is 440 g/mol. The molecule has 0 aromatic heterocycles. The molecule has 146 valence electrons. The molecule has 0 spiro atoms. The molecule has 3 rings (SSSR count). The van der Waals surface area contributed by atoms with Crippen molar-refractivity contribution in [1.82, 2.24) is 0 Å². The highest BCUT2D eigenvalue weighted by atomic mass is 79.9. The Hall–Kier alpha value is -0.460.